The highest BCUT2D eigenvalue weighted by Gasteiger charge is 2.33. The van der Waals surface area contributed by atoms with Gasteiger partial charge in [-0.05, 0) is 136 Å². The highest BCUT2D eigenvalue weighted by molar-refractivity contribution is 5.97. The van der Waals surface area contributed by atoms with Crippen molar-refractivity contribution in [2.75, 3.05) is 45.8 Å². The number of amides is 13. The predicted octanol–water partition coefficient (Wildman–Crippen LogP) is -0.876. The van der Waals surface area contributed by atoms with E-state index >= 15 is 0 Å². The zero-order valence-corrected chi connectivity index (χ0v) is 51.6. The molecule has 7 atom stereocenters. The lowest BCUT2D eigenvalue weighted by Crippen LogP contribution is -2.60. The molecule has 0 aliphatic rings. The van der Waals surface area contributed by atoms with Crippen LogP contribution >= 0.6 is 0 Å². The molecule has 0 aliphatic carbocycles. The highest BCUT2D eigenvalue weighted by atomic mass is 16.6. The van der Waals surface area contributed by atoms with Gasteiger partial charge in [0.25, 0.3) is 0 Å². The van der Waals surface area contributed by atoms with E-state index in [9.17, 15) is 67.4 Å². The van der Waals surface area contributed by atoms with Gasteiger partial charge in [0.2, 0.25) is 53.2 Å². The van der Waals surface area contributed by atoms with Gasteiger partial charge in [0.05, 0.1) is 19.2 Å². The van der Waals surface area contributed by atoms with Crippen molar-refractivity contribution in [3.05, 3.63) is 0 Å². The lowest BCUT2D eigenvalue weighted by Gasteiger charge is -2.27. The van der Waals surface area contributed by atoms with Gasteiger partial charge in [-0.15, -0.1) is 0 Å². The lowest BCUT2D eigenvalue weighted by atomic mass is 10.1. The second-order valence-electron chi connectivity index (χ2n) is 23.3. The zero-order chi connectivity index (χ0) is 64.8. The number of hydrogen-bond donors (Lipinski definition) is 14. The second-order valence-corrected chi connectivity index (χ2v) is 23.3. The van der Waals surface area contributed by atoms with Crippen LogP contribution in [0, 0.1) is 0 Å². The predicted molar refractivity (Wildman–Crippen MR) is 304 cm³/mol. The number of nitrogens with one attached hydrogen (secondary N) is 13. The minimum Gasteiger partial charge on any atom is -0.444 e. The maximum Gasteiger partial charge on any atom is 0.407 e. The van der Waals surface area contributed by atoms with Gasteiger partial charge in [0.15, 0.2) is 0 Å². The topological polar surface area (TPSA) is 435 Å². The number of likely N-dealkylation sites (N-methyl/N-ethyl adjacent to an activating group) is 1. The Morgan fingerprint density at radius 2 is 0.679 bits per heavy atom. The molecule has 0 saturated heterocycles. The van der Waals surface area contributed by atoms with Gasteiger partial charge in [-0.25, -0.2) is 19.2 Å². The normalized spacial score (nSPS) is 14.0. The summed E-state index contributed by atoms with van der Waals surface area (Å²) in [7, 11) is 0. The fourth-order valence-electron chi connectivity index (χ4n) is 6.80. The van der Waals surface area contributed by atoms with E-state index in [-0.39, 0.29) is 64.8 Å². The Balaban J connectivity index is 6.46. The average Bonchev–Trinajstić information content (AvgIpc) is 3.37. The first-order chi connectivity index (χ1) is 38.6. The van der Waals surface area contributed by atoms with Gasteiger partial charge < -0.3 is 93.2 Å². The molecule has 84 heavy (non-hydrogen) atoms. The number of carbonyl (C=O) groups excluding carboxylic acids is 13. The molecule has 0 saturated carbocycles. The van der Waals surface area contributed by atoms with Crippen molar-refractivity contribution in [1.29, 1.82) is 0 Å². The molecule has 480 valence electrons. The number of carbonyl (C=O) groups is 13. The number of ether oxygens (including phenoxy) is 4. The molecule has 14 N–H and O–H groups in total. The molecule has 0 fully saturated rings. The monoisotopic (exact) mass is 1200 g/mol. The van der Waals surface area contributed by atoms with Crippen LogP contribution in [0.25, 0.3) is 0 Å². The molecule has 0 aromatic carbocycles. The van der Waals surface area contributed by atoms with E-state index in [0.29, 0.717) is 6.42 Å². The summed E-state index contributed by atoms with van der Waals surface area (Å²) >= 11 is 0. The fourth-order valence-corrected chi connectivity index (χ4v) is 6.80. The lowest BCUT2D eigenvalue weighted by molar-refractivity contribution is -0.135. The smallest absolute Gasteiger partial charge is 0.407 e. The quantitative estimate of drug-likeness (QED) is 0.0364. The first-order valence-corrected chi connectivity index (χ1v) is 27.8. The summed E-state index contributed by atoms with van der Waals surface area (Å²) in [4.78, 5) is 170. The van der Waals surface area contributed by atoms with E-state index in [4.69, 9.17) is 18.9 Å². The molecule has 31 heteroatoms. The number of rotatable bonds is 32. The minimum absolute atomic E-state index is 0.0819. The summed E-state index contributed by atoms with van der Waals surface area (Å²) in [5.41, 5.74) is -3.48. The Hall–Kier alpha value is -7.73. The minimum atomic E-state index is -1.56. The Morgan fingerprint density at radius 3 is 1.00 bits per heavy atom. The first-order valence-electron chi connectivity index (χ1n) is 27.8. The van der Waals surface area contributed by atoms with Crippen LogP contribution in [0.2, 0.25) is 0 Å². The molecular formula is C53H95N13O18. The van der Waals surface area contributed by atoms with Crippen LogP contribution in [0.5, 0.6) is 0 Å². The van der Waals surface area contributed by atoms with E-state index in [1.807, 2.05) is 0 Å². The molecule has 0 aromatic heterocycles. The number of aliphatic hydroxyl groups excluding tert-OH is 1. The van der Waals surface area contributed by atoms with Gasteiger partial charge in [0.1, 0.15) is 58.7 Å². The Kier molecular flexibility index (Phi) is 33.4. The van der Waals surface area contributed by atoms with Crippen molar-refractivity contribution >= 4 is 77.5 Å². The van der Waals surface area contributed by atoms with Crippen LogP contribution in [-0.4, -0.2) is 193 Å². The Bertz CT molecular complexity index is 2240. The molecule has 0 spiro atoms. The molecular weight excluding hydrogens is 1110 g/mol. The molecule has 31 nitrogen and oxygen atoms in total. The third-order valence-electron chi connectivity index (χ3n) is 10.5. The fraction of sp³-hybridized carbons (Fsp3) is 0.755. The number of aliphatic hydroxyl groups is 1. The van der Waals surface area contributed by atoms with Crippen molar-refractivity contribution in [2.45, 2.75) is 214 Å². The van der Waals surface area contributed by atoms with Crippen LogP contribution in [0.4, 0.5) is 19.2 Å². The van der Waals surface area contributed by atoms with Crippen LogP contribution in [0.3, 0.4) is 0 Å². The van der Waals surface area contributed by atoms with E-state index in [1.54, 1.807) is 96.9 Å². The average molecular weight is 1200 g/mol. The third-order valence-corrected chi connectivity index (χ3v) is 10.5. The highest BCUT2D eigenvalue weighted by Crippen LogP contribution is 2.10. The molecule has 0 rings (SSSR count). The molecule has 0 aromatic rings. The first kappa shape index (κ1) is 76.3. The van der Waals surface area contributed by atoms with Crippen molar-refractivity contribution in [1.82, 2.24) is 69.1 Å². The molecule has 13 amide bonds. The summed E-state index contributed by atoms with van der Waals surface area (Å²) in [6.45, 7) is 23.2. The van der Waals surface area contributed by atoms with E-state index in [1.165, 1.54) is 13.8 Å². The number of hydrogen-bond acceptors (Lipinski definition) is 18. The zero-order valence-electron chi connectivity index (χ0n) is 51.6. The Morgan fingerprint density at radius 1 is 0.369 bits per heavy atom. The third kappa shape index (κ3) is 36.7. The van der Waals surface area contributed by atoms with Gasteiger partial charge >= 0.3 is 24.4 Å². The van der Waals surface area contributed by atoms with Gasteiger partial charge in [-0.3, -0.25) is 43.2 Å². The van der Waals surface area contributed by atoms with Crippen molar-refractivity contribution in [3.8, 4) is 0 Å². The summed E-state index contributed by atoms with van der Waals surface area (Å²) in [6, 6.07) is -8.69. The van der Waals surface area contributed by atoms with Crippen LogP contribution in [-0.2, 0) is 62.1 Å². The van der Waals surface area contributed by atoms with E-state index in [0.717, 1.165) is 0 Å². The van der Waals surface area contributed by atoms with Gasteiger partial charge in [-0.2, -0.15) is 0 Å². The number of alkyl carbamates (subject to hydrolysis) is 4. The second kappa shape index (κ2) is 36.8. The summed E-state index contributed by atoms with van der Waals surface area (Å²) < 4.78 is 21.0. The molecule has 0 aliphatic heterocycles. The van der Waals surface area contributed by atoms with Gasteiger partial charge in [-0.1, -0.05) is 6.92 Å². The SMILES string of the molecule is CCCC(=O)N[C@@H](CCNC(=O)OC(C)(C)C)C(=O)NCC(=O)N[C@@H](CCNC(=O)OC(C)(C)C)C(=O)NCC(=O)N[C@@H](C)C(=O)N[C@@H](CCNC(=O)OC(C)(C)C)C(=O)N[C@@H](CCNC(=O)OC(C)(C)C)C(=O)N[C@H](C(=O)NCC)[C@@H](C)O. The molecule has 0 heterocycles. The molecule has 0 bridgehead atoms. The summed E-state index contributed by atoms with van der Waals surface area (Å²) in [5, 5.41) is 42.2. The largest absolute Gasteiger partial charge is 0.444 e. The van der Waals surface area contributed by atoms with Gasteiger partial charge in [0, 0.05) is 39.1 Å². The van der Waals surface area contributed by atoms with Crippen molar-refractivity contribution < 1.29 is 86.4 Å². The Labute approximate surface area is 491 Å². The van der Waals surface area contributed by atoms with Crippen molar-refractivity contribution in [3.63, 3.8) is 0 Å². The van der Waals surface area contributed by atoms with E-state index in [2.05, 4.69) is 69.1 Å². The van der Waals surface area contributed by atoms with Crippen molar-refractivity contribution in [2.24, 2.45) is 0 Å². The summed E-state index contributed by atoms with van der Waals surface area (Å²) in [6.07, 6.45) is -5.21. The molecule has 0 unspecified atom stereocenters. The van der Waals surface area contributed by atoms with E-state index < -0.39 is 155 Å². The maximum atomic E-state index is 14.1. The van der Waals surface area contributed by atoms with Crippen LogP contribution < -0.4 is 69.1 Å². The molecule has 0 radical (unpaired) electrons. The standard InChI is InChI=1S/C53H95N13O18/c1-17-19-36(68)62-32(20-24-55-46(77)81-50(5,6)7)41(72)60-29-38(70)63-33(21-25-56-47(78)82-51(8,9)10)42(73)59-28-37(69)61-30(3)40(71)64-34(22-26-57-48(79)83-52(11,12)13)43(74)65-35(23-27-58-49(80)84-53(14,15)16)44(75)66-39(31(4)67)45(76)54-18-2/h30-35,39,67H,17-29H2,1-16H3,(H,54,76)(H,55,77)(H,56,78)(H,57,79)(H,58,80)(H,59,73)(H,60,72)(H,61,69)(H,62,68)(H,63,70)(H,64,71)(H,65,74)(H,66,75)/t30-,31+,32-,33-,34-,35-,39-/m0/s1. The maximum absolute atomic E-state index is 14.1. The van der Waals surface area contributed by atoms with Crippen LogP contribution in [0.1, 0.15) is 149 Å². The van der Waals surface area contributed by atoms with Crippen LogP contribution in [0.15, 0.2) is 0 Å². The summed E-state index contributed by atoms with van der Waals surface area (Å²) in [5.74, 6) is -7.78.